The summed E-state index contributed by atoms with van der Waals surface area (Å²) < 4.78 is 50.4. The van der Waals surface area contributed by atoms with Crippen LogP contribution in [-0.2, 0) is 17.4 Å². The van der Waals surface area contributed by atoms with Crippen molar-refractivity contribution in [3.8, 4) is 11.5 Å². The molecule has 138 valence electrons. The quantitative estimate of drug-likeness (QED) is 0.713. The molecule has 2 heterocycles. The highest BCUT2D eigenvalue weighted by Crippen LogP contribution is 2.37. The van der Waals surface area contributed by atoms with Gasteiger partial charge in [0.05, 0.1) is 17.7 Å². The standard InChI is InChI=1S/C18H13F3N2O3.2H2/c19-18(20,21)12-7-11-3-4-22-13(11)8-14(12)23-17(24)6-10-1-2-15-16(5-10)26-9-25-15;;/h1-5,7-8,22H,6,9H2,(H,23,24);2*1H. The fourth-order valence-electron chi connectivity index (χ4n) is 2.87. The number of hydrogen-bond acceptors (Lipinski definition) is 3. The fraction of sp³-hybridized carbons (Fsp3) is 0.167. The van der Waals surface area contributed by atoms with Gasteiger partial charge in [-0.2, -0.15) is 13.2 Å². The van der Waals surface area contributed by atoms with Crippen molar-refractivity contribution in [3.05, 3.63) is 53.7 Å². The lowest BCUT2D eigenvalue weighted by Crippen LogP contribution is -2.18. The van der Waals surface area contributed by atoms with Gasteiger partial charge in [0, 0.05) is 20.0 Å². The van der Waals surface area contributed by atoms with Gasteiger partial charge < -0.3 is 19.8 Å². The Hall–Kier alpha value is -3.16. The number of amides is 1. The number of nitrogens with one attached hydrogen (secondary N) is 2. The predicted molar refractivity (Wildman–Crippen MR) is 92.4 cm³/mol. The highest BCUT2D eigenvalue weighted by molar-refractivity contribution is 5.96. The van der Waals surface area contributed by atoms with Crippen molar-refractivity contribution >= 4 is 22.5 Å². The SMILES string of the molecule is O=C(Cc1ccc2c(c1)OCO2)Nc1cc2[nH]ccc2cc1C(F)(F)F.[HH].[HH]. The third-order valence-corrected chi connectivity index (χ3v) is 4.07. The summed E-state index contributed by atoms with van der Waals surface area (Å²) in [7, 11) is 0. The third-order valence-electron chi connectivity index (χ3n) is 4.07. The van der Waals surface area contributed by atoms with E-state index in [9.17, 15) is 18.0 Å². The van der Waals surface area contributed by atoms with Gasteiger partial charge in [0.15, 0.2) is 11.5 Å². The summed E-state index contributed by atoms with van der Waals surface area (Å²) in [5.41, 5.74) is -0.0422. The summed E-state index contributed by atoms with van der Waals surface area (Å²) in [6.07, 6.45) is -3.12. The van der Waals surface area contributed by atoms with Gasteiger partial charge in [0.1, 0.15) is 0 Å². The number of aromatic amines is 1. The lowest BCUT2D eigenvalue weighted by molar-refractivity contribution is -0.136. The number of carbonyl (C=O) groups is 1. The smallest absolute Gasteiger partial charge is 0.418 e. The molecule has 0 saturated carbocycles. The van der Waals surface area contributed by atoms with E-state index in [4.69, 9.17) is 9.47 Å². The maximum atomic E-state index is 13.3. The monoisotopic (exact) mass is 366 g/mol. The van der Waals surface area contributed by atoms with Crippen LogP contribution < -0.4 is 14.8 Å². The lowest BCUT2D eigenvalue weighted by Gasteiger charge is -2.14. The first kappa shape index (κ1) is 16.3. The Morgan fingerprint density at radius 1 is 1.15 bits per heavy atom. The molecule has 0 radical (unpaired) electrons. The van der Waals surface area contributed by atoms with Crippen molar-refractivity contribution in [2.75, 3.05) is 12.1 Å². The summed E-state index contributed by atoms with van der Waals surface area (Å²) in [5.74, 6) is 0.532. The number of ether oxygens (including phenoxy) is 2. The number of carbonyl (C=O) groups excluding carboxylic acids is 1. The molecular weight excluding hydrogens is 349 g/mol. The van der Waals surface area contributed by atoms with Gasteiger partial charge in [-0.05, 0) is 35.9 Å². The first-order valence-corrected chi connectivity index (χ1v) is 7.77. The molecule has 3 aromatic rings. The number of benzene rings is 2. The summed E-state index contributed by atoms with van der Waals surface area (Å²) >= 11 is 0. The van der Waals surface area contributed by atoms with Crippen LogP contribution in [0, 0.1) is 0 Å². The summed E-state index contributed by atoms with van der Waals surface area (Å²) in [5, 5.41) is 2.79. The molecule has 0 fully saturated rings. The van der Waals surface area contributed by atoms with Gasteiger partial charge in [0.2, 0.25) is 12.7 Å². The van der Waals surface area contributed by atoms with Crippen LogP contribution in [0.3, 0.4) is 0 Å². The molecule has 26 heavy (non-hydrogen) atoms. The summed E-state index contributed by atoms with van der Waals surface area (Å²) in [6, 6.07) is 8.82. The van der Waals surface area contributed by atoms with Gasteiger partial charge in [0.25, 0.3) is 0 Å². The lowest BCUT2D eigenvalue weighted by atomic mass is 10.1. The number of anilines is 1. The zero-order valence-electron chi connectivity index (χ0n) is 13.3. The molecule has 4 rings (SSSR count). The number of fused-ring (bicyclic) bond motifs is 2. The van der Waals surface area contributed by atoms with Crippen LogP contribution in [0.2, 0.25) is 0 Å². The molecule has 1 aliphatic rings. The average molecular weight is 366 g/mol. The van der Waals surface area contributed by atoms with Gasteiger partial charge in [-0.15, -0.1) is 0 Å². The van der Waals surface area contributed by atoms with Crippen LogP contribution in [0.15, 0.2) is 42.6 Å². The zero-order valence-corrected chi connectivity index (χ0v) is 13.3. The second-order valence-electron chi connectivity index (χ2n) is 5.87. The van der Waals surface area contributed by atoms with E-state index in [2.05, 4.69) is 10.3 Å². The molecule has 1 aliphatic heterocycles. The fourth-order valence-corrected chi connectivity index (χ4v) is 2.87. The number of H-pyrrole nitrogens is 1. The van der Waals surface area contributed by atoms with Crippen LogP contribution in [0.5, 0.6) is 11.5 Å². The average Bonchev–Trinajstić information content (AvgIpc) is 3.20. The van der Waals surface area contributed by atoms with Crippen LogP contribution >= 0.6 is 0 Å². The number of alkyl halides is 3. The normalized spacial score (nSPS) is 13.2. The molecule has 2 N–H and O–H groups in total. The van der Waals surface area contributed by atoms with Crippen molar-refractivity contribution in [2.45, 2.75) is 12.6 Å². The highest BCUT2D eigenvalue weighted by Gasteiger charge is 2.34. The number of hydrogen-bond donors (Lipinski definition) is 2. The molecule has 0 unspecified atom stereocenters. The molecule has 2 aromatic carbocycles. The summed E-state index contributed by atoms with van der Waals surface area (Å²) in [6.45, 7) is 0.107. The minimum absolute atomic E-state index is 0. The first-order chi connectivity index (χ1) is 12.4. The van der Waals surface area contributed by atoms with E-state index in [1.165, 1.54) is 6.07 Å². The van der Waals surface area contributed by atoms with E-state index < -0.39 is 17.6 Å². The van der Waals surface area contributed by atoms with E-state index >= 15 is 0 Å². The van der Waals surface area contributed by atoms with E-state index in [0.717, 1.165) is 6.07 Å². The molecule has 0 aliphatic carbocycles. The topological polar surface area (TPSA) is 63.4 Å². The van der Waals surface area contributed by atoms with E-state index in [-0.39, 0.29) is 21.8 Å². The Labute approximate surface area is 148 Å². The van der Waals surface area contributed by atoms with Gasteiger partial charge >= 0.3 is 6.18 Å². The number of aromatic nitrogens is 1. The highest BCUT2D eigenvalue weighted by atomic mass is 19.4. The Bertz CT molecular complexity index is 1010. The van der Waals surface area contributed by atoms with Crippen molar-refractivity contribution < 1.29 is 30.3 Å². The second kappa shape index (κ2) is 5.98. The third kappa shape index (κ3) is 3.05. The molecule has 8 heteroatoms. The number of rotatable bonds is 3. The largest absolute Gasteiger partial charge is 0.454 e. The van der Waals surface area contributed by atoms with E-state index in [0.29, 0.717) is 28.0 Å². The van der Waals surface area contributed by atoms with Crippen LogP contribution in [0.4, 0.5) is 18.9 Å². The maximum absolute atomic E-state index is 13.3. The zero-order chi connectivity index (χ0) is 18.3. The minimum atomic E-state index is -4.58. The maximum Gasteiger partial charge on any atom is 0.418 e. The molecular formula is C18H17F3N2O3. The molecule has 0 bridgehead atoms. The second-order valence-corrected chi connectivity index (χ2v) is 5.87. The molecule has 0 atom stereocenters. The molecule has 0 spiro atoms. The van der Waals surface area contributed by atoms with Gasteiger partial charge in [-0.3, -0.25) is 4.79 Å². The van der Waals surface area contributed by atoms with Gasteiger partial charge in [-0.1, -0.05) is 6.07 Å². The predicted octanol–water partition coefficient (Wildman–Crippen LogP) is 4.59. The molecule has 5 nitrogen and oxygen atoms in total. The van der Waals surface area contributed by atoms with E-state index in [1.54, 1.807) is 30.5 Å². The van der Waals surface area contributed by atoms with Crippen molar-refractivity contribution in [2.24, 2.45) is 0 Å². The van der Waals surface area contributed by atoms with Crippen LogP contribution in [-0.4, -0.2) is 17.7 Å². The molecule has 1 aromatic heterocycles. The van der Waals surface area contributed by atoms with Crippen molar-refractivity contribution in [3.63, 3.8) is 0 Å². The van der Waals surface area contributed by atoms with Crippen molar-refractivity contribution in [1.82, 2.24) is 4.98 Å². The van der Waals surface area contributed by atoms with Crippen LogP contribution in [0.1, 0.15) is 14.0 Å². The Morgan fingerprint density at radius 3 is 2.77 bits per heavy atom. The molecule has 0 saturated heterocycles. The Balaban J connectivity index is 0.00000140. The molecule has 1 amide bonds. The Kier molecular flexibility index (Phi) is 3.75. The van der Waals surface area contributed by atoms with Gasteiger partial charge in [-0.25, -0.2) is 0 Å². The van der Waals surface area contributed by atoms with Crippen LogP contribution in [0.25, 0.3) is 10.9 Å². The number of halogens is 3. The minimum Gasteiger partial charge on any atom is -0.454 e. The summed E-state index contributed by atoms with van der Waals surface area (Å²) in [4.78, 5) is 15.1. The van der Waals surface area contributed by atoms with E-state index in [1.807, 2.05) is 0 Å². The Morgan fingerprint density at radius 2 is 1.96 bits per heavy atom. The first-order valence-electron chi connectivity index (χ1n) is 7.77. The van der Waals surface area contributed by atoms with Crippen molar-refractivity contribution in [1.29, 1.82) is 0 Å².